The van der Waals surface area contributed by atoms with E-state index < -0.39 is 22.1 Å². The van der Waals surface area contributed by atoms with Gasteiger partial charge in [-0.25, -0.2) is 4.98 Å². The van der Waals surface area contributed by atoms with Crippen molar-refractivity contribution < 1.29 is 9.72 Å². The molecule has 36 heavy (non-hydrogen) atoms. The monoisotopic (exact) mass is 519 g/mol. The molecule has 0 aliphatic carbocycles. The molecule has 1 amide bonds. The van der Waals surface area contributed by atoms with E-state index in [4.69, 9.17) is 23.2 Å². The number of nitrogens with zero attached hydrogens (tertiary/aromatic N) is 2. The number of aromatic nitrogens is 2. The van der Waals surface area contributed by atoms with Crippen LogP contribution in [0.5, 0.6) is 0 Å². The average Bonchev–Trinajstić information content (AvgIpc) is 2.86. The number of benzene rings is 4. The molecule has 0 radical (unpaired) electrons. The van der Waals surface area contributed by atoms with Crippen molar-refractivity contribution in [2.75, 3.05) is 10.6 Å². The Labute approximate surface area is 212 Å². The Morgan fingerprint density at radius 1 is 0.944 bits per heavy atom. The number of halogens is 2. The van der Waals surface area contributed by atoms with Crippen LogP contribution in [0.1, 0.15) is 10.4 Å². The second-order valence-electron chi connectivity index (χ2n) is 7.80. The second-order valence-corrected chi connectivity index (χ2v) is 8.61. The Morgan fingerprint density at radius 3 is 2.50 bits per heavy atom. The third kappa shape index (κ3) is 4.45. The number of nitro benzene ring substituents is 1. The normalized spacial score (nSPS) is 10.9. The number of anilines is 3. The molecule has 0 saturated carbocycles. The van der Waals surface area contributed by atoms with Gasteiger partial charge in [0.1, 0.15) is 0 Å². The lowest BCUT2D eigenvalue weighted by atomic mass is 10.1. The Kier molecular flexibility index (Phi) is 6.01. The van der Waals surface area contributed by atoms with Crippen molar-refractivity contribution >= 4 is 73.8 Å². The molecule has 11 heteroatoms. The number of nitrogens with one attached hydrogen (secondary N) is 3. The van der Waals surface area contributed by atoms with Crippen LogP contribution in [0.25, 0.3) is 21.7 Å². The molecule has 5 aromatic rings. The van der Waals surface area contributed by atoms with Crippen LogP contribution in [0.15, 0.2) is 77.6 Å². The van der Waals surface area contributed by atoms with Gasteiger partial charge in [-0.3, -0.25) is 24.7 Å². The zero-order chi connectivity index (χ0) is 25.4. The molecular weight excluding hydrogens is 505 g/mol. The highest BCUT2D eigenvalue weighted by Gasteiger charge is 2.21. The van der Waals surface area contributed by atoms with Gasteiger partial charge >= 0.3 is 0 Å². The first-order valence-corrected chi connectivity index (χ1v) is 11.3. The van der Waals surface area contributed by atoms with Crippen LogP contribution in [0.3, 0.4) is 0 Å². The number of fused-ring (bicyclic) bond motifs is 2. The van der Waals surface area contributed by atoms with Crippen LogP contribution < -0.4 is 16.2 Å². The standard InChI is InChI=1S/C25H15Cl2N5O4/c26-19-9-8-14(10-20(19)27)28-25-30-22-17(11-15(32(35)36)12-18(22)24(34)31-25)23(33)29-21-7-3-5-13-4-1-2-6-16(13)21/h1-12H,(H,29,33)(H2,28,30,31,34). The summed E-state index contributed by atoms with van der Waals surface area (Å²) in [6.07, 6.45) is 0. The fourth-order valence-electron chi connectivity index (χ4n) is 3.80. The highest BCUT2D eigenvalue weighted by atomic mass is 35.5. The summed E-state index contributed by atoms with van der Waals surface area (Å²) in [4.78, 5) is 44.0. The maximum Gasteiger partial charge on any atom is 0.271 e. The van der Waals surface area contributed by atoms with Crippen molar-refractivity contribution in [1.29, 1.82) is 0 Å². The molecule has 1 aromatic heterocycles. The first-order chi connectivity index (χ1) is 17.3. The van der Waals surface area contributed by atoms with Crippen LogP contribution in [-0.2, 0) is 0 Å². The highest BCUT2D eigenvalue weighted by molar-refractivity contribution is 6.42. The van der Waals surface area contributed by atoms with Gasteiger partial charge in [0.2, 0.25) is 5.95 Å². The van der Waals surface area contributed by atoms with Gasteiger partial charge in [0.25, 0.3) is 17.2 Å². The molecule has 0 fully saturated rings. The molecule has 4 aromatic carbocycles. The molecule has 5 rings (SSSR count). The number of rotatable bonds is 5. The summed E-state index contributed by atoms with van der Waals surface area (Å²) in [5.74, 6) is -0.641. The zero-order valence-corrected chi connectivity index (χ0v) is 19.7. The van der Waals surface area contributed by atoms with Crippen LogP contribution >= 0.6 is 23.2 Å². The predicted molar refractivity (Wildman–Crippen MR) is 141 cm³/mol. The molecular formula is C25H15Cl2N5O4. The third-order valence-electron chi connectivity index (χ3n) is 5.47. The Morgan fingerprint density at radius 2 is 1.72 bits per heavy atom. The van der Waals surface area contributed by atoms with Gasteiger partial charge in [-0.05, 0) is 29.7 Å². The summed E-state index contributed by atoms with van der Waals surface area (Å²) in [7, 11) is 0. The first kappa shape index (κ1) is 23.3. The quantitative estimate of drug-likeness (QED) is 0.185. The fourth-order valence-corrected chi connectivity index (χ4v) is 4.10. The van der Waals surface area contributed by atoms with Gasteiger partial charge in [-0.2, -0.15) is 0 Å². The minimum absolute atomic E-state index is 0.00959. The summed E-state index contributed by atoms with van der Waals surface area (Å²) in [6, 6.07) is 19.8. The van der Waals surface area contributed by atoms with Gasteiger partial charge in [0.05, 0.1) is 31.4 Å². The van der Waals surface area contributed by atoms with Gasteiger partial charge in [0.15, 0.2) is 0 Å². The zero-order valence-electron chi connectivity index (χ0n) is 18.2. The number of amides is 1. The molecule has 0 bridgehead atoms. The molecule has 0 unspecified atom stereocenters. The van der Waals surface area contributed by atoms with Gasteiger partial charge in [0, 0.05) is 28.9 Å². The molecule has 0 atom stereocenters. The Balaban J connectivity index is 1.62. The first-order valence-electron chi connectivity index (χ1n) is 10.5. The average molecular weight is 520 g/mol. The molecule has 178 valence electrons. The number of carbonyl (C=O) groups excluding carboxylic acids is 1. The largest absolute Gasteiger partial charge is 0.326 e. The molecule has 0 saturated heterocycles. The Bertz CT molecular complexity index is 1750. The van der Waals surface area contributed by atoms with E-state index in [0.717, 1.165) is 22.9 Å². The number of nitro groups is 1. The number of carbonyl (C=O) groups is 1. The minimum Gasteiger partial charge on any atom is -0.326 e. The second kappa shape index (κ2) is 9.29. The topological polar surface area (TPSA) is 130 Å². The van der Waals surface area contributed by atoms with Crippen molar-refractivity contribution in [1.82, 2.24) is 9.97 Å². The van der Waals surface area contributed by atoms with Gasteiger partial charge in [-0.1, -0.05) is 59.6 Å². The van der Waals surface area contributed by atoms with Gasteiger partial charge in [-0.15, -0.1) is 0 Å². The molecule has 1 heterocycles. The molecule has 9 nitrogen and oxygen atoms in total. The smallest absolute Gasteiger partial charge is 0.271 e. The molecule has 0 aliphatic heterocycles. The third-order valence-corrected chi connectivity index (χ3v) is 6.21. The molecule has 0 aliphatic rings. The summed E-state index contributed by atoms with van der Waals surface area (Å²) >= 11 is 12.0. The summed E-state index contributed by atoms with van der Waals surface area (Å²) in [6.45, 7) is 0. The van der Waals surface area contributed by atoms with Crippen molar-refractivity contribution in [2.24, 2.45) is 0 Å². The lowest BCUT2D eigenvalue weighted by Gasteiger charge is -2.12. The lowest BCUT2D eigenvalue weighted by Crippen LogP contribution is -2.17. The number of hydrogen-bond donors (Lipinski definition) is 3. The van der Waals surface area contributed by atoms with Crippen LogP contribution in [0.2, 0.25) is 10.0 Å². The number of non-ortho nitro benzene ring substituents is 1. The van der Waals surface area contributed by atoms with E-state index in [1.807, 2.05) is 30.3 Å². The SMILES string of the molecule is O=C(Nc1cccc2ccccc12)c1cc([N+](=O)[O-])cc2c(=O)[nH]c(Nc3ccc(Cl)c(Cl)c3)nc12. The number of aromatic amines is 1. The minimum atomic E-state index is -0.671. The fraction of sp³-hybridized carbons (Fsp3) is 0. The van der Waals surface area contributed by atoms with E-state index in [1.165, 1.54) is 6.07 Å². The number of H-pyrrole nitrogens is 1. The van der Waals surface area contributed by atoms with E-state index in [-0.39, 0.29) is 27.4 Å². The maximum atomic E-state index is 13.4. The van der Waals surface area contributed by atoms with E-state index in [0.29, 0.717) is 16.4 Å². The lowest BCUT2D eigenvalue weighted by molar-refractivity contribution is -0.384. The van der Waals surface area contributed by atoms with Crippen LogP contribution in [0, 0.1) is 10.1 Å². The predicted octanol–water partition coefficient (Wildman–Crippen LogP) is 6.29. The Hall–Kier alpha value is -4.47. The number of hydrogen-bond acceptors (Lipinski definition) is 6. The summed E-state index contributed by atoms with van der Waals surface area (Å²) in [5.41, 5.74) is -0.221. The van der Waals surface area contributed by atoms with E-state index in [9.17, 15) is 19.7 Å². The van der Waals surface area contributed by atoms with E-state index >= 15 is 0 Å². The van der Waals surface area contributed by atoms with Crippen molar-refractivity contribution in [2.45, 2.75) is 0 Å². The van der Waals surface area contributed by atoms with Gasteiger partial charge < -0.3 is 10.6 Å². The maximum absolute atomic E-state index is 13.4. The molecule has 0 spiro atoms. The van der Waals surface area contributed by atoms with Crippen LogP contribution in [-0.4, -0.2) is 20.8 Å². The van der Waals surface area contributed by atoms with E-state index in [2.05, 4.69) is 20.6 Å². The van der Waals surface area contributed by atoms with Crippen molar-refractivity contribution in [3.05, 3.63) is 109 Å². The molecule has 3 N–H and O–H groups in total. The summed E-state index contributed by atoms with van der Waals surface area (Å²) in [5, 5.41) is 19.5. The van der Waals surface area contributed by atoms with Crippen molar-refractivity contribution in [3.8, 4) is 0 Å². The van der Waals surface area contributed by atoms with Crippen molar-refractivity contribution in [3.63, 3.8) is 0 Å². The van der Waals surface area contributed by atoms with Crippen LogP contribution in [0.4, 0.5) is 23.0 Å². The highest BCUT2D eigenvalue weighted by Crippen LogP contribution is 2.29. The summed E-state index contributed by atoms with van der Waals surface area (Å²) < 4.78 is 0. The van der Waals surface area contributed by atoms with E-state index in [1.54, 1.807) is 24.3 Å².